The third-order valence-corrected chi connectivity index (χ3v) is 7.91. The number of benzene rings is 2. The van der Waals surface area contributed by atoms with E-state index in [9.17, 15) is 9.90 Å². The Kier molecular flexibility index (Phi) is 8.67. The lowest BCUT2D eigenvalue weighted by Gasteiger charge is -2.52. The summed E-state index contributed by atoms with van der Waals surface area (Å²) in [5.74, 6) is 1.44. The molecule has 36 heavy (non-hydrogen) atoms. The first-order valence-electron chi connectivity index (χ1n) is 13.2. The van der Waals surface area contributed by atoms with Gasteiger partial charge in [0.15, 0.2) is 0 Å². The van der Waals surface area contributed by atoms with E-state index in [2.05, 4.69) is 4.90 Å². The Hall–Kier alpha value is -2.45. The van der Waals surface area contributed by atoms with Gasteiger partial charge >= 0.3 is 0 Å². The molecule has 2 heterocycles. The minimum absolute atomic E-state index is 0.188. The molecular weight excluding hydrogens is 454 g/mol. The van der Waals surface area contributed by atoms with Crippen LogP contribution in [0.25, 0.3) is 0 Å². The van der Waals surface area contributed by atoms with E-state index >= 15 is 0 Å². The summed E-state index contributed by atoms with van der Waals surface area (Å²) in [5.41, 5.74) is 6.99. The maximum Gasteiger partial charge on any atom is 0.209 e. The maximum atomic E-state index is 12.7. The van der Waals surface area contributed by atoms with Crippen LogP contribution in [0.15, 0.2) is 48.5 Å². The van der Waals surface area contributed by atoms with Gasteiger partial charge < -0.3 is 25.2 Å². The Morgan fingerprint density at radius 3 is 2.58 bits per heavy atom. The largest absolute Gasteiger partial charge is 0.457 e. The third-order valence-electron chi connectivity index (χ3n) is 7.91. The second-order valence-corrected chi connectivity index (χ2v) is 10.4. The average molecular weight is 496 g/mol. The lowest BCUT2D eigenvalue weighted by atomic mass is 9.76. The highest BCUT2D eigenvalue weighted by Gasteiger charge is 2.51. The number of unbranched alkanes of at least 4 members (excludes halogenated alkanes) is 1. The van der Waals surface area contributed by atoms with E-state index < -0.39 is 11.3 Å². The number of para-hydroxylation sites is 2. The van der Waals surface area contributed by atoms with Gasteiger partial charge in [-0.2, -0.15) is 0 Å². The van der Waals surface area contributed by atoms with Gasteiger partial charge in [-0.1, -0.05) is 42.8 Å². The van der Waals surface area contributed by atoms with Gasteiger partial charge in [0.2, 0.25) is 6.41 Å². The number of aryl methyl sites for hydroxylation is 1. The second kappa shape index (κ2) is 11.7. The molecule has 3 N–H and O–H groups in total. The molecule has 1 amide bonds. The zero-order chi connectivity index (χ0) is 25.6. The average Bonchev–Trinajstić information content (AvgIpc) is 3.30. The van der Waals surface area contributed by atoms with Gasteiger partial charge in [-0.25, -0.2) is 0 Å². The number of hydrogen-bond donors (Lipinski definition) is 2. The summed E-state index contributed by atoms with van der Waals surface area (Å²) in [6, 6.07) is 15.6. The van der Waals surface area contributed by atoms with E-state index in [0.717, 1.165) is 61.9 Å². The fraction of sp³-hybridized carbons (Fsp3) is 0.552. The van der Waals surface area contributed by atoms with Crippen LogP contribution in [0, 0.1) is 6.92 Å². The van der Waals surface area contributed by atoms with Crippen molar-refractivity contribution in [1.29, 1.82) is 0 Å². The van der Waals surface area contributed by atoms with Crippen LogP contribution in [0.5, 0.6) is 11.5 Å². The molecule has 3 atom stereocenters. The number of amides is 1. The first-order chi connectivity index (χ1) is 17.4. The molecule has 0 unspecified atom stereocenters. The molecule has 2 aromatic rings. The molecular formula is C29H41N3O4. The number of aliphatic hydroxyl groups is 1. The van der Waals surface area contributed by atoms with Crippen molar-refractivity contribution >= 4 is 6.41 Å². The summed E-state index contributed by atoms with van der Waals surface area (Å²) in [7, 11) is 1.71. The minimum Gasteiger partial charge on any atom is -0.457 e. The first-order valence-corrected chi connectivity index (χ1v) is 13.2. The van der Waals surface area contributed by atoms with Gasteiger partial charge in [0.1, 0.15) is 17.1 Å². The Bertz CT molecular complexity index is 1020. The summed E-state index contributed by atoms with van der Waals surface area (Å²) in [4.78, 5) is 15.5. The molecule has 0 spiro atoms. The topological polar surface area (TPSA) is 88.3 Å². The number of hydrogen-bond acceptors (Lipinski definition) is 6. The molecule has 0 aromatic heterocycles. The summed E-state index contributed by atoms with van der Waals surface area (Å²) in [6.45, 7) is 4.60. The fourth-order valence-corrected chi connectivity index (χ4v) is 5.96. The second-order valence-electron chi connectivity index (χ2n) is 10.4. The Morgan fingerprint density at radius 2 is 1.86 bits per heavy atom. The predicted molar refractivity (Wildman–Crippen MR) is 141 cm³/mol. The molecule has 7 heteroatoms. The number of rotatable bonds is 11. The predicted octanol–water partition coefficient (Wildman–Crippen LogP) is 4.16. The Morgan fingerprint density at radius 1 is 1.11 bits per heavy atom. The lowest BCUT2D eigenvalue weighted by molar-refractivity contribution is -0.121. The summed E-state index contributed by atoms with van der Waals surface area (Å²) < 4.78 is 11.7. The van der Waals surface area contributed by atoms with Crippen LogP contribution < -0.4 is 10.5 Å². The van der Waals surface area contributed by atoms with Crippen LogP contribution in [-0.4, -0.2) is 66.4 Å². The van der Waals surface area contributed by atoms with E-state index in [1.807, 2.05) is 55.5 Å². The highest BCUT2D eigenvalue weighted by molar-refractivity contribution is 5.48. The molecule has 0 saturated carbocycles. The summed E-state index contributed by atoms with van der Waals surface area (Å²) in [5, 5.41) is 12.7. The van der Waals surface area contributed by atoms with Crippen LogP contribution in [-0.2, 0) is 15.1 Å². The Labute approximate surface area is 215 Å². The smallest absolute Gasteiger partial charge is 0.209 e. The van der Waals surface area contributed by atoms with Crippen molar-refractivity contribution in [1.82, 2.24) is 9.80 Å². The number of carbonyl (C=O) groups excluding carboxylic acids is 1. The molecule has 2 saturated heterocycles. The summed E-state index contributed by atoms with van der Waals surface area (Å²) in [6.07, 6.45) is 6.70. The first kappa shape index (κ1) is 26.6. The molecule has 4 rings (SSSR count). The molecule has 0 radical (unpaired) electrons. The normalized spacial score (nSPS) is 24.4. The number of methoxy groups -OCH3 is 1. The SMILES string of the molecule is COCCCC[C@@](O)(c1ccccc1Oc1ccccc1C)[C@@H]1CCCCN1[C@@]1(N)CCN(C=O)C1. The van der Waals surface area contributed by atoms with Crippen LogP contribution in [0.1, 0.15) is 56.1 Å². The van der Waals surface area contributed by atoms with Gasteiger partial charge in [0.05, 0.1) is 12.2 Å². The number of ether oxygens (including phenoxy) is 2. The standard InChI is InChI=1S/C29H41N3O4/c1-23-11-3-5-13-25(23)36-26-14-6-4-12-24(26)29(34,16-8-10-20-35-2)27-15-7-9-18-32(27)28(30)17-19-31(21-28)22-33/h3-6,11-14,22,27,34H,7-10,15-21,30H2,1-2H3/t27-,28-,29+/m0/s1. The van der Waals surface area contributed by atoms with Crippen molar-refractivity contribution in [2.24, 2.45) is 5.73 Å². The third kappa shape index (κ3) is 5.59. The van der Waals surface area contributed by atoms with Gasteiger partial charge in [-0.3, -0.25) is 9.69 Å². The molecule has 7 nitrogen and oxygen atoms in total. The van der Waals surface area contributed by atoms with E-state index in [1.165, 1.54) is 0 Å². The molecule has 2 aliphatic heterocycles. The summed E-state index contributed by atoms with van der Waals surface area (Å²) >= 11 is 0. The lowest BCUT2D eigenvalue weighted by Crippen LogP contribution is -2.67. The highest BCUT2D eigenvalue weighted by atomic mass is 16.5. The number of likely N-dealkylation sites (tertiary alicyclic amines) is 2. The van der Waals surface area contributed by atoms with Crippen molar-refractivity contribution < 1.29 is 19.4 Å². The molecule has 2 aliphatic rings. The number of nitrogens with zero attached hydrogens (tertiary/aromatic N) is 2. The van der Waals surface area contributed by atoms with E-state index in [1.54, 1.807) is 12.0 Å². The van der Waals surface area contributed by atoms with Crippen molar-refractivity contribution in [2.45, 2.75) is 69.2 Å². The quantitative estimate of drug-likeness (QED) is 0.359. The zero-order valence-electron chi connectivity index (χ0n) is 21.7. The van der Waals surface area contributed by atoms with Gasteiger partial charge in [0.25, 0.3) is 0 Å². The number of piperidine rings is 1. The molecule has 2 aromatic carbocycles. The van der Waals surface area contributed by atoms with Crippen molar-refractivity contribution in [2.75, 3.05) is 33.4 Å². The molecule has 196 valence electrons. The van der Waals surface area contributed by atoms with Gasteiger partial charge in [0, 0.05) is 38.4 Å². The molecule has 0 aliphatic carbocycles. The Balaban J connectivity index is 1.73. The van der Waals surface area contributed by atoms with Crippen molar-refractivity contribution in [3.8, 4) is 11.5 Å². The molecule has 2 fully saturated rings. The van der Waals surface area contributed by atoms with Crippen LogP contribution in [0.3, 0.4) is 0 Å². The highest BCUT2D eigenvalue weighted by Crippen LogP contribution is 2.45. The van der Waals surface area contributed by atoms with Crippen LogP contribution >= 0.6 is 0 Å². The van der Waals surface area contributed by atoms with Gasteiger partial charge in [-0.05, 0) is 63.1 Å². The van der Waals surface area contributed by atoms with E-state index in [4.69, 9.17) is 15.2 Å². The van der Waals surface area contributed by atoms with Crippen LogP contribution in [0.2, 0.25) is 0 Å². The maximum absolute atomic E-state index is 12.7. The van der Waals surface area contributed by atoms with Gasteiger partial charge in [-0.15, -0.1) is 0 Å². The number of nitrogens with two attached hydrogens (primary N) is 1. The van der Waals surface area contributed by atoms with Crippen LogP contribution in [0.4, 0.5) is 0 Å². The fourth-order valence-electron chi connectivity index (χ4n) is 5.96. The van der Waals surface area contributed by atoms with E-state index in [-0.39, 0.29) is 6.04 Å². The molecule has 0 bridgehead atoms. The van der Waals surface area contributed by atoms with E-state index in [0.29, 0.717) is 38.3 Å². The van der Waals surface area contributed by atoms with Crippen molar-refractivity contribution in [3.63, 3.8) is 0 Å². The minimum atomic E-state index is -1.17. The number of carbonyl (C=O) groups is 1. The zero-order valence-corrected chi connectivity index (χ0v) is 21.7. The van der Waals surface area contributed by atoms with Crippen molar-refractivity contribution in [3.05, 3.63) is 59.7 Å². The monoisotopic (exact) mass is 495 g/mol.